The maximum atomic E-state index is 12.3. The lowest BCUT2D eigenvalue weighted by atomic mass is 10.1. The first kappa shape index (κ1) is 16.0. The summed E-state index contributed by atoms with van der Waals surface area (Å²) < 4.78 is 24.6. The molecule has 0 bridgehead atoms. The SMILES string of the molecule is O=S1(=O)CCc2c1ccc1ncnc(Nc3cccc4ccc(O)cc34)c21. The summed E-state index contributed by atoms with van der Waals surface area (Å²) in [6.45, 7) is 0. The highest BCUT2D eigenvalue weighted by Crippen LogP contribution is 2.36. The number of aromatic nitrogens is 2. The number of hydrogen-bond acceptors (Lipinski definition) is 6. The van der Waals surface area contributed by atoms with Gasteiger partial charge in [-0.25, -0.2) is 18.4 Å². The number of hydrogen-bond donors (Lipinski definition) is 2. The van der Waals surface area contributed by atoms with Crippen LogP contribution in [0.25, 0.3) is 21.7 Å². The largest absolute Gasteiger partial charge is 0.508 e. The average molecular weight is 377 g/mol. The lowest BCUT2D eigenvalue weighted by Gasteiger charge is -2.13. The maximum absolute atomic E-state index is 12.3. The van der Waals surface area contributed by atoms with Gasteiger partial charge >= 0.3 is 0 Å². The van der Waals surface area contributed by atoms with E-state index in [-0.39, 0.29) is 11.5 Å². The van der Waals surface area contributed by atoms with Crippen LogP contribution in [0.5, 0.6) is 5.75 Å². The first-order valence-electron chi connectivity index (χ1n) is 8.51. The third-order valence-corrected chi connectivity index (χ3v) is 6.74. The van der Waals surface area contributed by atoms with Crippen LogP contribution in [0.15, 0.2) is 59.8 Å². The zero-order valence-corrected chi connectivity index (χ0v) is 15.0. The second-order valence-corrected chi connectivity index (χ2v) is 8.64. The molecule has 5 rings (SSSR count). The van der Waals surface area contributed by atoms with Gasteiger partial charge in [-0.1, -0.05) is 18.2 Å². The molecule has 0 radical (unpaired) electrons. The zero-order valence-electron chi connectivity index (χ0n) is 14.2. The van der Waals surface area contributed by atoms with E-state index in [0.29, 0.717) is 22.7 Å². The Morgan fingerprint density at radius 3 is 2.81 bits per heavy atom. The van der Waals surface area contributed by atoms with Gasteiger partial charge in [0.2, 0.25) is 0 Å². The van der Waals surface area contributed by atoms with Gasteiger partial charge in [0.1, 0.15) is 17.9 Å². The minimum atomic E-state index is -3.24. The van der Waals surface area contributed by atoms with Gasteiger partial charge in [-0.2, -0.15) is 0 Å². The topological polar surface area (TPSA) is 92.2 Å². The van der Waals surface area contributed by atoms with Gasteiger partial charge in [0, 0.05) is 16.5 Å². The summed E-state index contributed by atoms with van der Waals surface area (Å²) in [4.78, 5) is 9.04. The van der Waals surface area contributed by atoms with Crippen molar-refractivity contribution in [1.82, 2.24) is 9.97 Å². The van der Waals surface area contributed by atoms with E-state index in [4.69, 9.17) is 0 Å². The van der Waals surface area contributed by atoms with Crippen LogP contribution in [0.4, 0.5) is 11.5 Å². The van der Waals surface area contributed by atoms with Gasteiger partial charge < -0.3 is 10.4 Å². The van der Waals surface area contributed by atoms with Crippen molar-refractivity contribution in [3.8, 4) is 5.75 Å². The van der Waals surface area contributed by atoms with Crippen molar-refractivity contribution in [2.45, 2.75) is 11.3 Å². The molecule has 0 aliphatic carbocycles. The third-order valence-electron chi connectivity index (χ3n) is 4.94. The van der Waals surface area contributed by atoms with Gasteiger partial charge in [0.15, 0.2) is 9.84 Å². The number of aromatic hydroxyl groups is 1. The molecule has 0 atom stereocenters. The summed E-state index contributed by atoms with van der Waals surface area (Å²) in [5.41, 5.74) is 2.24. The minimum Gasteiger partial charge on any atom is -0.508 e. The maximum Gasteiger partial charge on any atom is 0.179 e. The Bertz CT molecular complexity index is 1330. The summed E-state index contributed by atoms with van der Waals surface area (Å²) in [5.74, 6) is 0.846. The molecule has 2 heterocycles. The van der Waals surface area contributed by atoms with Crippen LogP contribution < -0.4 is 5.32 Å². The van der Waals surface area contributed by atoms with E-state index in [2.05, 4.69) is 15.3 Å². The lowest BCUT2D eigenvalue weighted by Crippen LogP contribution is -2.00. The summed E-state index contributed by atoms with van der Waals surface area (Å²) in [5, 5.41) is 15.7. The van der Waals surface area contributed by atoms with Crippen LogP contribution >= 0.6 is 0 Å². The number of nitrogens with one attached hydrogen (secondary N) is 1. The highest BCUT2D eigenvalue weighted by molar-refractivity contribution is 7.91. The molecule has 0 saturated carbocycles. The predicted molar refractivity (Wildman–Crippen MR) is 104 cm³/mol. The fourth-order valence-electron chi connectivity index (χ4n) is 3.68. The molecule has 4 aromatic rings. The van der Waals surface area contributed by atoms with Crippen molar-refractivity contribution in [3.05, 3.63) is 60.4 Å². The van der Waals surface area contributed by atoms with Gasteiger partial charge in [-0.15, -0.1) is 0 Å². The number of fused-ring (bicyclic) bond motifs is 4. The molecule has 3 aromatic carbocycles. The van der Waals surface area contributed by atoms with Crippen LogP contribution in [0.3, 0.4) is 0 Å². The Balaban J connectivity index is 1.74. The van der Waals surface area contributed by atoms with Crippen LogP contribution in [0, 0.1) is 0 Å². The molecule has 0 spiro atoms. The summed E-state index contributed by atoms with van der Waals surface area (Å²) in [6.07, 6.45) is 1.91. The van der Waals surface area contributed by atoms with Crippen molar-refractivity contribution in [2.24, 2.45) is 0 Å². The third kappa shape index (κ3) is 2.50. The van der Waals surface area contributed by atoms with Crippen LogP contribution in [0.2, 0.25) is 0 Å². The molecule has 1 aromatic heterocycles. The van der Waals surface area contributed by atoms with Crippen LogP contribution in [-0.2, 0) is 16.3 Å². The number of aryl methyl sites for hydroxylation is 1. The molecule has 27 heavy (non-hydrogen) atoms. The Hall–Kier alpha value is -3.19. The van der Waals surface area contributed by atoms with Crippen molar-refractivity contribution in [2.75, 3.05) is 11.1 Å². The summed E-state index contributed by atoms with van der Waals surface area (Å²) in [6, 6.07) is 14.3. The average Bonchev–Trinajstić information content (AvgIpc) is 2.97. The first-order valence-corrected chi connectivity index (χ1v) is 10.2. The minimum absolute atomic E-state index is 0.109. The number of benzene rings is 3. The molecule has 134 valence electrons. The highest BCUT2D eigenvalue weighted by Gasteiger charge is 2.29. The fourth-order valence-corrected chi connectivity index (χ4v) is 5.23. The summed E-state index contributed by atoms with van der Waals surface area (Å²) in [7, 11) is -3.24. The van der Waals surface area contributed by atoms with E-state index in [0.717, 1.165) is 27.4 Å². The van der Waals surface area contributed by atoms with Crippen LogP contribution in [-0.4, -0.2) is 29.2 Å². The molecule has 0 amide bonds. The van der Waals surface area contributed by atoms with Gasteiger partial charge in [0.05, 0.1) is 16.2 Å². The quantitative estimate of drug-likeness (QED) is 0.555. The lowest BCUT2D eigenvalue weighted by molar-refractivity contribution is 0.476. The second-order valence-electron chi connectivity index (χ2n) is 6.56. The van der Waals surface area contributed by atoms with Gasteiger partial charge in [-0.3, -0.25) is 0 Å². The predicted octanol–water partition coefficient (Wildman–Crippen LogP) is 3.56. The molecule has 1 aliphatic rings. The van der Waals surface area contributed by atoms with E-state index in [1.807, 2.05) is 24.3 Å². The van der Waals surface area contributed by atoms with Crippen molar-refractivity contribution >= 4 is 43.0 Å². The second kappa shape index (κ2) is 5.65. The van der Waals surface area contributed by atoms with E-state index in [9.17, 15) is 13.5 Å². The van der Waals surface area contributed by atoms with E-state index in [1.165, 1.54) is 6.33 Å². The number of phenols is 1. The number of nitrogens with zero attached hydrogens (tertiary/aromatic N) is 2. The Labute approximate surface area is 155 Å². The molecular formula is C20H15N3O3S. The number of anilines is 2. The number of phenolic OH excluding ortho intramolecular Hbond substituents is 1. The van der Waals surface area contributed by atoms with Crippen LogP contribution in [0.1, 0.15) is 5.56 Å². The zero-order chi connectivity index (χ0) is 18.6. The Morgan fingerprint density at radius 2 is 1.93 bits per heavy atom. The smallest absolute Gasteiger partial charge is 0.179 e. The number of sulfone groups is 1. The van der Waals surface area contributed by atoms with Gasteiger partial charge in [0.25, 0.3) is 0 Å². The Morgan fingerprint density at radius 1 is 1.04 bits per heavy atom. The van der Waals surface area contributed by atoms with Crippen molar-refractivity contribution < 1.29 is 13.5 Å². The molecule has 0 unspecified atom stereocenters. The molecule has 6 nitrogen and oxygen atoms in total. The first-order chi connectivity index (χ1) is 13.0. The fraction of sp³-hybridized carbons (Fsp3) is 0.100. The monoisotopic (exact) mass is 377 g/mol. The summed E-state index contributed by atoms with van der Waals surface area (Å²) >= 11 is 0. The Kier molecular flexibility index (Phi) is 3.35. The van der Waals surface area contributed by atoms with E-state index < -0.39 is 9.84 Å². The molecular weight excluding hydrogens is 362 g/mol. The molecule has 7 heteroatoms. The standard InChI is InChI=1S/C20H15N3O3S/c24-13-5-4-12-2-1-3-16(15(12)10-13)23-20-19-14-8-9-27(25,26)18(14)7-6-17(19)21-11-22-20/h1-7,10-11,24H,8-9H2,(H,21,22,23). The molecule has 1 aliphatic heterocycles. The normalized spacial score (nSPS) is 15.1. The van der Waals surface area contributed by atoms with Gasteiger partial charge in [-0.05, 0) is 47.7 Å². The molecule has 2 N–H and O–H groups in total. The molecule has 0 fully saturated rings. The molecule has 0 saturated heterocycles. The van der Waals surface area contributed by atoms with E-state index in [1.54, 1.807) is 24.3 Å². The highest BCUT2D eigenvalue weighted by atomic mass is 32.2. The van der Waals surface area contributed by atoms with Crippen molar-refractivity contribution in [1.29, 1.82) is 0 Å². The van der Waals surface area contributed by atoms with E-state index >= 15 is 0 Å². The number of rotatable bonds is 2. The van der Waals surface area contributed by atoms with Crippen molar-refractivity contribution in [3.63, 3.8) is 0 Å².